The van der Waals surface area contributed by atoms with Gasteiger partial charge in [0, 0.05) is 30.4 Å². The molecule has 0 saturated heterocycles. The van der Waals surface area contributed by atoms with Crippen molar-refractivity contribution in [2.75, 3.05) is 23.6 Å². The van der Waals surface area contributed by atoms with Crippen molar-refractivity contribution in [3.05, 3.63) is 48.0 Å². The molecule has 1 aliphatic heterocycles. The molecule has 0 aliphatic carbocycles. The van der Waals surface area contributed by atoms with Gasteiger partial charge in [0.1, 0.15) is 6.54 Å². The summed E-state index contributed by atoms with van der Waals surface area (Å²) in [6, 6.07) is 7.86. The summed E-state index contributed by atoms with van der Waals surface area (Å²) in [4.78, 5) is 25.0. The molecule has 0 radical (unpaired) electrons. The number of hydrogen-bond acceptors (Lipinski definition) is 4. The van der Waals surface area contributed by atoms with Crippen molar-refractivity contribution < 1.29 is 27.8 Å². The molecule has 0 atom stereocenters. The third kappa shape index (κ3) is 3.68. The van der Waals surface area contributed by atoms with Gasteiger partial charge in [-0.3, -0.25) is 9.59 Å². The zero-order valence-corrected chi connectivity index (χ0v) is 13.2. The van der Waals surface area contributed by atoms with Crippen LogP contribution in [0.25, 0.3) is 0 Å². The zero-order valence-electron chi connectivity index (χ0n) is 13.2. The highest BCUT2D eigenvalue weighted by Gasteiger charge is 2.19. The Bertz CT molecular complexity index is 841. The van der Waals surface area contributed by atoms with Crippen LogP contribution in [-0.4, -0.2) is 25.2 Å². The van der Waals surface area contributed by atoms with E-state index < -0.39 is 23.4 Å². The third-order valence-electron chi connectivity index (χ3n) is 3.55. The maximum Gasteiger partial charge on any atom is 0.244 e. The van der Waals surface area contributed by atoms with Gasteiger partial charge in [-0.2, -0.15) is 0 Å². The van der Waals surface area contributed by atoms with Gasteiger partial charge in [-0.1, -0.05) is 0 Å². The van der Waals surface area contributed by atoms with Crippen LogP contribution in [0.2, 0.25) is 0 Å². The maximum absolute atomic E-state index is 13.4. The van der Waals surface area contributed by atoms with Gasteiger partial charge in [-0.05, 0) is 24.3 Å². The SMILES string of the molecule is CC(=O)N(CC(=O)Nc1ccc2c(c1)OCO2)c1ccc(F)c(F)c1. The van der Waals surface area contributed by atoms with E-state index in [9.17, 15) is 18.4 Å². The van der Waals surface area contributed by atoms with E-state index >= 15 is 0 Å². The van der Waals surface area contributed by atoms with E-state index in [1.54, 1.807) is 18.2 Å². The number of fused-ring (bicyclic) bond motifs is 1. The summed E-state index contributed by atoms with van der Waals surface area (Å²) >= 11 is 0. The second-order valence-corrected chi connectivity index (χ2v) is 5.32. The fourth-order valence-electron chi connectivity index (χ4n) is 2.36. The maximum atomic E-state index is 13.4. The van der Waals surface area contributed by atoms with Gasteiger partial charge in [0.2, 0.25) is 18.6 Å². The monoisotopic (exact) mass is 348 g/mol. The molecule has 1 N–H and O–H groups in total. The van der Waals surface area contributed by atoms with Gasteiger partial charge in [-0.15, -0.1) is 0 Å². The van der Waals surface area contributed by atoms with Crippen molar-refractivity contribution in [2.24, 2.45) is 0 Å². The van der Waals surface area contributed by atoms with Crippen LogP contribution < -0.4 is 19.7 Å². The predicted molar refractivity (Wildman–Crippen MR) is 85.6 cm³/mol. The standard InChI is InChI=1S/C17H14F2N2O4/c1-10(22)21(12-3-4-13(18)14(19)7-12)8-17(23)20-11-2-5-15-16(6-11)25-9-24-15/h2-7H,8-9H2,1H3,(H,20,23). The number of hydrogen-bond donors (Lipinski definition) is 1. The lowest BCUT2D eigenvalue weighted by molar-refractivity contribution is -0.120. The molecule has 1 aliphatic rings. The average molecular weight is 348 g/mol. The van der Waals surface area contributed by atoms with Gasteiger partial charge in [-0.25, -0.2) is 8.78 Å². The number of carbonyl (C=O) groups is 2. The van der Waals surface area contributed by atoms with E-state index in [-0.39, 0.29) is 19.0 Å². The van der Waals surface area contributed by atoms with Crippen LogP contribution in [-0.2, 0) is 9.59 Å². The van der Waals surface area contributed by atoms with Gasteiger partial charge >= 0.3 is 0 Å². The average Bonchev–Trinajstić information content (AvgIpc) is 3.03. The Kier molecular flexibility index (Phi) is 4.51. The molecule has 2 aromatic rings. The zero-order chi connectivity index (χ0) is 18.0. The summed E-state index contributed by atoms with van der Waals surface area (Å²) in [5.41, 5.74) is 0.551. The van der Waals surface area contributed by atoms with Crippen LogP contribution in [0.5, 0.6) is 11.5 Å². The van der Waals surface area contributed by atoms with E-state index in [0.29, 0.717) is 17.2 Å². The number of nitrogens with one attached hydrogen (secondary N) is 1. The third-order valence-corrected chi connectivity index (χ3v) is 3.55. The topological polar surface area (TPSA) is 67.9 Å². The summed E-state index contributed by atoms with van der Waals surface area (Å²) in [6.07, 6.45) is 0. The number of amides is 2. The number of ether oxygens (including phenoxy) is 2. The van der Waals surface area contributed by atoms with E-state index in [0.717, 1.165) is 17.0 Å². The molecule has 130 valence electrons. The van der Waals surface area contributed by atoms with Gasteiger partial charge in [0.15, 0.2) is 23.1 Å². The number of nitrogens with zero attached hydrogens (tertiary/aromatic N) is 1. The molecule has 8 heteroatoms. The number of halogens is 2. The number of benzene rings is 2. The highest BCUT2D eigenvalue weighted by Crippen LogP contribution is 2.34. The number of carbonyl (C=O) groups excluding carboxylic acids is 2. The Morgan fingerprint density at radius 2 is 1.84 bits per heavy atom. The van der Waals surface area contributed by atoms with Gasteiger partial charge in [0.05, 0.1) is 0 Å². The fraction of sp³-hybridized carbons (Fsp3) is 0.176. The first kappa shape index (κ1) is 16.7. The first-order valence-corrected chi connectivity index (χ1v) is 7.36. The molecular weight excluding hydrogens is 334 g/mol. The minimum absolute atomic E-state index is 0.0900. The lowest BCUT2D eigenvalue weighted by Gasteiger charge is -2.21. The quantitative estimate of drug-likeness (QED) is 0.922. The smallest absolute Gasteiger partial charge is 0.244 e. The Morgan fingerprint density at radius 1 is 1.08 bits per heavy atom. The van der Waals surface area contributed by atoms with E-state index in [1.807, 2.05) is 0 Å². The summed E-state index contributed by atoms with van der Waals surface area (Å²) in [6.45, 7) is 0.991. The number of rotatable bonds is 4. The lowest BCUT2D eigenvalue weighted by Crippen LogP contribution is -2.36. The lowest BCUT2D eigenvalue weighted by atomic mass is 10.2. The molecule has 0 saturated carbocycles. The van der Waals surface area contributed by atoms with Crippen LogP contribution in [0.4, 0.5) is 20.2 Å². The molecule has 3 rings (SSSR count). The Morgan fingerprint density at radius 3 is 2.56 bits per heavy atom. The molecule has 2 amide bonds. The van der Waals surface area contributed by atoms with Crippen molar-refractivity contribution >= 4 is 23.2 Å². The normalized spacial score (nSPS) is 12.0. The molecular formula is C17H14F2N2O4. The second-order valence-electron chi connectivity index (χ2n) is 5.32. The Labute approximate surface area is 141 Å². The van der Waals surface area contributed by atoms with Crippen molar-refractivity contribution in [1.29, 1.82) is 0 Å². The van der Waals surface area contributed by atoms with E-state index in [2.05, 4.69) is 5.32 Å². The molecule has 2 aromatic carbocycles. The highest BCUT2D eigenvalue weighted by molar-refractivity contribution is 6.01. The van der Waals surface area contributed by atoms with E-state index in [1.165, 1.54) is 13.0 Å². The molecule has 6 nitrogen and oxygen atoms in total. The minimum Gasteiger partial charge on any atom is -0.454 e. The van der Waals surface area contributed by atoms with Crippen molar-refractivity contribution in [1.82, 2.24) is 0 Å². The molecule has 0 spiro atoms. The van der Waals surface area contributed by atoms with Crippen molar-refractivity contribution in [3.63, 3.8) is 0 Å². The first-order chi connectivity index (χ1) is 11.9. The fourth-order valence-corrected chi connectivity index (χ4v) is 2.36. The van der Waals surface area contributed by atoms with Gasteiger partial charge < -0.3 is 19.7 Å². The minimum atomic E-state index is -1.10. The molecule has 1 heterocycles. The van der Waals surface area contributed by atoms with Crippen LogP contribution in [0.1, 0.15) is 6.92 Å². The predicted octanol–water partition coefficient (Wildman–Crippen LogP) is 2.69. The largest absolute Gasteiger partial charge is 0.454 e. The highest BCUT2D eigenvalue weighted by atomic mass is 19.2. The van der Waals surface area contributed by atoms with Gasteiger partial charge in [0.25, 0.3) is 0 Å². The van der Waals surface area contributed by atoms with Crippen LogP contribution in [0.15, 0.2) is 36.4 Å². The van der Waals surface area contributed by atoms with Crippen molar-refractivity contribution in [2.45, 2.75) is 6.92 Å². The van der Waals surface area contributed by atoms with Crippen LogP contribution in [0, 0.1) is 11.6 Å². The van der Waals surface area contributed by atoms with Crippen molar-refractivity contribution in [3.8, 4) is 11.5 Å². The molecule has 25 heavy (non-hydrogen) atoms. The summed E-state index contributed by atoms with van der Waals surface area (Å²) in [5, 5.41) is 2.62. The van der Waals surface area contributed by atoms with E-state index in [4.69, 9.17) is 9.47 Å². The molecule has 0 bridgehead atoms. The summed E-state index contributed by atoms with van der Waals surface area (Å²) in [5.74, 6) is -2.03. The summed E-state index contributed by atoms with van der Waals surface area (Å²) in [7, 11) is 0. The summed E-state index contributed by atoms with van der Waals surface area (Å²) < 4.78 is 36.8. The molecule has 0 aromatic heterocycles. The Balaban J connectivity index is 1.72. The van der Waals surface area contributed by atoms with Crippen LogP contribution in [0.3, 0.4) is 0 Å². The number of anilines is 2. The Hall–Kier alpha value is -3.16. The molecule has 0 fully saturated rings. The molecule has 0 unspecified atom stereocenters. The first-order valence-electron chi connectivity index (χ1n) is 7.36. The van der Waals surface area contributed by atoms with Crippen LogP contribution >= 0.6 is 0 Å². The second kappa shape index (κ2) is 6.76.